The van der Waals surface area contributed by atoms with Gasteiger partial charge in [-0.05, 0) is 43.4 Å². The van der Waals surface area contributed by atoms with E-state index in [0.717, 1.165) is 63.4 Å². The molecule has 1 aliphatic heterocycles. The van der Waals surface area contributed by atoms with E-state index < -0.39 is 0 Å². The van der Waals surface area contributed by atoms with Crippen LogP contribution in [0, 0.1) is 0 Å². The number of carbonyl (C=O) groups is 1. The van der Waals surface area contributed by atoms with Gasteiger partial charge in [0.25, 0.3) is 0 Å². The monoisotopic (exact) mass is 419 g/mol. The van der Waals surface area contributed by atoms with E-state index in [1.807, 2.05) is 23.1 Å². The second-order valence-corrected chi connectivity index (χ2v) is 8.39. The lowest BCUT2D eigenvalue weighted by molar-refractivity contribution is -0.131. The van der Waals surface area contributed by atoms with E-state index >= 15 is 0 Å². The lowest BCUT2D eigenvalue weighted by Gasteiger charge is -2.35. The Bertz CT molecular complexity index is 865. The fourth-order valence-corrected chi connectivity index (χ4v) is 4.28. The summed E-state index contributed by atoms with van der Waals surface area (Å²) in [5.41, 5.74) is 2.40. The molecule has 31 heavy (non-hydrogen) atoms. The predicted octanol–water partition coefficient (Wildman–Crippen LogP) is 4.40. The van der Waals surface area contributed by atoms with Gasteiger partial charge in [-0.15, -0.1) is 0 Å². The van der Waals surface area contributed by atoms with Crippen molar-refractivity contribution in [1.82, 2.24) is 14.7 Å². The average molecular weight is 420 g/mol. The zero-order valence-electron chi connectivity index (χ0n) is 18.3. The predicted molar refractivity (Wildman–Crippen MR) is 124 cm³/mol. The fourth-order valence-electron chi connectivity index (χ4n) is 4.28. The van der Waals surface area contributed by atoms with Gasteiger partial charge >= 0.3 is 0 Å². The molecule has 1 aromatic heterocycles. The van der Waals surface area contributed by atoms with Crippen LogP contribution >= 0.6 is 0 Å². The number of piperazine rings is 1. The molecule has 5 heteroatoms. The van der Waals surface area contributed by atoms with Gasteiger partial charge in [-0.1, -0.05) is 48.6 Å². The molecule has 2 heterocycles. The topological polar surface area (TPSA) is 39.9 Å². The molecule has 0 radical (unpaired) electrons. The molecule has 5 nitrogen and oxygen atoms in total. The van der Waals surface area contributed by atoms with Crippen molar-refractivity contribution in [3.63, 3.8) is 0 Å². The number of benzene rings is 1. The van der Waals surface area contributed by atoms with Crippen molar-refractivity contribution in [1.29, 1.82) is 0 Å². The first-order valence-electron chi connectivity index (χ1n) is 11.5. The van der Waals surface area contributed by atoms with Crippen molar-refractivity contribution in [3.8, 4) is 0 Å². The van der Waals surface area contributed by atoms with Crippen LogP contribution in [0.5, 0.6) is 0 Å². The number of allylic oxidation sites excluding steroid dienone is 2. The SMILES string of the molecule is O=C(CN1CCN(C/C=C/c2ccccc2)CC1)N(Cc1ccco1)C1=CCCCC1. The lowest BCUT2D eigenvalue weighted by atomic mass is 10.0. The minimum atomic E-state index is 0.182. The van der Waals surface area contributed by atoms with Crippen LogP contribution < -0.4 is 0 Å². The van der Waals surface area contributed by atoms with Gasteiger partial charge in [0.15, 0.2) is 0 Å². The maximum absolute atomic E-state index is 13.2. The van der Waals surface area contributed by atoms with Gasteiger partial charge < -0.3 is 9.32 Å². The molecule has 1 aromatic carbocycles. The summed E-state index contributed by atoms with van der Waals surface area (Å²) in [6.07, 6.45) is 12.7. The number of rotatable bonds is 8. The highest BCUT2D eigenvalue weighted by atomic mass is 16.3. The molecule has 2 aromatic rings. The summed E-state index contributed by atoms with van der Waals surface area (Å²) >= 11 is 0. The Morgan fingerprint density at radius 3 is 2.52 bits per heavy atom. The number of hydrogen-bond donors (Lipinski definition) is 0. The van der Waals surface area contributed by atoms with Gasteiger partial charge in [-0.2, -0.15) is 0 Å². The molecule has 0 spiro atoms. The van der Waals surface area contributed by atoms with E-state index in [9.17, 15) is 4.79 Å². The molecule has 1 amide bonds. The molecule has 1 fully saturated rings. The maximum atomic E-state index is 13.2. The molecule has 0 unspecified atom stereocenters. The number of amides is 1. The van der Waals surface area contributed by atoms with E-state index in [1.54, 1.807) is 6.26 Å². The maximum Gasteiger partial charge on any atom is 0.241 e. The summed E-state index contributed by atoms with van der Waals surface area (Å²) < 4.78 is 5.53. The van der Waals surface area contributed by atoms with Crippen LogP contribution in [-0.2, 0) is 11.3 Å². The third-order valence-corrected chi connectivity index (χ3v) is 6.11. The lowest BCUT2D eigenvalue weighted by Crippen LogP contribution is -2.49. The summed E-state index contributed by atoms with van der Waals surface area (Å²) in [5, 5.41) is 0. The number of furan rings is 1. The molecule has 164 valence electrons. The summed E-state index contributed by atoms with van der Waals surface area (Å²) in [7, 11) is 0. The highest BCUT2D eigenvalue weighted by Crippen LogP contribution is 2.23. The largest absolute Gasteiger partial charge is 0.467 e. The molecule has 0 N–H and O–H groups in total. The molecule has 0 atom stereocenters. The Balaban J connectivity index is 1.27. The smallest absolute Gasteiger partial charge is 0.241 e. The van der Waals surface area contributed by atoms with Crippen molar-refractivity contribution in [2.45, 2.75) is 32.2 Å². The van der Waals surface area contributed by atoms with E-state index in [-0.39, 0.29) is 5.91 Å². The molecule has 4 rings (SSSR count). The molecular weight excluding hydrogens is 386 g/mol. The Labute approximate surface area is 185 Å². The normalized spacial score (nSPS) is 18.3. The Hall–Kier alpha value is -2.63. The van der Waals surface area contributed by atoms with Gasteiger partial charge in [-0.25, -0.2) is 0 Å². The van der Waals surface area contributed by atoms with Crippen LogP contribution in [0.2, 0.25) is 0 Å². The Kier molecular flexibility index (Phi) is 7.75. The van der Waals surface area contributed by atoms with Gasteiger partial charge in [-0.3, -0.25) is 14.6 Å². The molecular formula is C26H33N3O2. The quantitative estimate of drug-likeness (QED) is 0.636. The zero-order chi connectivity index (χ0) is 21.3. The van der Waals surface area contributed by atoms with Crippen molar-refractivity contribution in [3.05, 3.63) is 77.9 Å². The van der Waals surface area contributed by atoms with Crippen LogP contribution in [0.4, 0.5) is 0 Å². The molecule has 0 saturated carbocycles. The third-order valence-electron chi connectivity index (χ3n) is 6.11. The van der Waals surface area contributed by atoms with Crippen molar-refractivity contribution < 1.29 is 9.21 Å². The summed E-state index contributed by atoms with van der Waals surface area (Å²) in [6, 6.07) is 14.2. The highest BCUT2D eigenvalue weighted by Gasteiger charge is 2.24. The first kappa shape index (κ1) is 21.6. The third kappa shape index (κ3) is 6.42. The standard InChI is InChI=1S/C26H33N3O2/c30-26(29(21-25-14-8-20-31-25)24-12-5-2-6-13-24)22-28-18-16-27(17-19-28)15-7-11-23-9-3-1-4-10-23/h1,3-4,7-12,14,20H,2,5-6,13,15-19,21-22H2/b11-7+. The van der Waals surface area contributed by atoms with E-state index in [1.165, 1.54) is 12.0 Å². The zero-order valence-corrected chi connectivity index (χ0v) is 18.3. The first-order valence-corrected chi connectivity index (χ1v) is 11.5. The van der Waals surface area contributed by atoms with Crippen molar-refractivity contribution in [2.24, 2.45) is 0 Å². The second-order valence-electron chi connectivity index (χ2n) is 8.39. The van der Waals surface area contributed by atoms with E-state index in [2.05, 4.69) is 52.3 Å². The van der Waals surface area contributed by atoms with Gasteiger partial charge in [0.1, 0.15) is 5.76 Å². The highest BCUT2D eigenvalue weighted by molar-refractivity contribution is 5.80. The fraction of sp³-hybridized carbons (Fsp3) is 0.423. The summed E-state index contributed by atoms with van der Waals surface area (Å²) in [5.74, 6) is 1.02. The second kappa shape index (κ2) is 11.1. The summed E-state index contributed by atoms with van der Waals surface area (Å²) in [4.78, 5) is 19.9. The minimum Gasteiger partial charge on any atom is -0.467 e. The average Bonchev–Trinajstić information content (AvgIpc) is 3.33. The van der Waals surface area contributed by atoms with Crippen LogP contribution in [0.15, 0.2) is 71.0 Å². The van der Waals surface area contributed by atoms with Crippen LogP contribution in [0.1, 0.15) is 37.0 Å². The molecule has 2 aliphatic rings. The van der Waals surface area contributed by atoms with Crippen LogP contribution in [0.3, 0.4) is 0 Å². The van der Waals surface area contributed by atoms with E-state index in [4.69, 9.17) is 4.42 Å². The number of hydrogen-bond acceptors (Lipinski definition) is 4. The molecule has 1 aliphatic carbocycles. The Morgan fingerprint density at radius 2 is 1.81 bits per heavy atom. The number of carbonyl (C=O) groups excluding carboxylic acids is 1. The first-order chi connectivity index (χ1) is 15.3. The van der Waals surface area contributed by atoms with Crippen molar-refractivity contribution in [2.75, 3.05) is 39.3 Å². The van der Waals surface area contributed by atoms with Crippen LogP contribution in [0.25, 0.3) is 6.08 Å². The Morgan fingerprint density at radius 1 is 1.00 bits per heavy atom. The minimum absolute atomic E-state index is 0.182. The van der Waals surface area contributed by atoms with E-state index in [0.29, 0.717) is 13.1 Å². The van der Waals surface area contributed by atoms with Gasteiger partial charge in [0.2, 0.25) is 5.91 Å². The molecule has 0 bridgehead atoms. The summed E-state index contributed by atoms with van der Waals surface area (Å²) in [6.45, 7) is 5.81. The van der Waals surface area contributed by atoms with Crippen molar-refractivity contribution >= 4 is 12.0 Å². The van der Waals surface area contributed by atoms with Crippen LogP contribution in [-0.4, -0.2) is 59.9 Å². The molecule has 1 saturated heterocycles. The van der Waals surface area contributed by atoms with Gasteiger partial charge in [0.05, 0.1) is 19.4 Å². The number of nitrogens with zero attached hydrogens (tertiary/aromatic N) is 3. The van der Waals surface area contributed by atoms with Gasteiger partial charge in [0, 0.05) is 38.4 Å².